The largest absolute Gasteiger partial charge is 0.350 e. The van der Waals surface area contributed by atoms with Crippen molar-refractivity contribution in [2.75, 3.05) is 0 Å². The molecule has 0 unspecified atom stereocenters. The summed E-state index contributed by atoms with van der Waals surface area (Å²) in [6, 6.07) is 6.16. The number of hydrogen-bond donors (Lipinski definition) is 0. The Balaban J connectivity index is 2.89. The third kappa shape index (κ3) is 1.15. The molecule has 0 atom stereocenters. The molecule has 72 valence electrons. The Morgan fingerprint density at radius 1 is 1.43 bits per heavy atom. The van der Waals surface area contributed by atoms with Gasteiger partial charge in [0.15, 0.2) is 6.29 Å². The van der Waals surface area contributed by atoms with E-state index in [-0.39, 0.29) is 0 Å². The molecule has 1 aromatic carbocycles. The Hall–Kier alpha value is -1.57. The van der Waals surface area contributed by atoms with E-state index in [1.165, 1.54) is 5.56 Å². The van der Waals surface area contributed by atoms with E-state index < -0.39 is 0 Å². The highest BCUT2D eigenvalue weighted by atomic mass is 16.1. The average Bonchev–Trinajstić information content (AvgIpc) is 2.56. The maximum absolute atomic E-state index is 10.9. The predicted molar refractivity (Wildman–Crippen MR) is 57.7 cm³/mol. The Labute approximate surface area is 83.2 Å². The molecule has 2 heteroatoms. The second kappa shape index (κ2) is 3.29. The van der Waals surface area contributed by atoms with E-state index in [4.69, 9.17) is 0 Å². The van der Waals surface area contributed by atoms with Gasteiger partial charge < -0.3 is 4.57 Å². The molecular formula is C12H13NO. The van der Waals surface area contributed by atoms with Crippen molar-refractivity contribution in [3.8, 4) is 0 Å². The fraction of sp³-hybridized carbons (Fsp3) is 0.250. The summed E-state index contributed by atoms with van der Waals surface area (Å²) in [4.78, 5) is 10.9. The molecule has 0 bridgehead atoms. The number of carbonyl (C=O) groups is 1. The van der Waals surface area contributed by atoms with Gasteiger partial charge in [0, 0.05) is 29.7 Å². The van der Waals surface area contributed by atoms with Crippen molar-refractivity contribution >= 4 is 17.2 Å². The fourth-order valence-electron chi connectivity index (χ4n) is 1.94. The van der Waals surface area contributed by atoms with Crippen LogP contribution in [0.4, 0.5) is 0 Å². The van der Waals surface area contributed by atoms with Gasteiger partial charge in [-0.2, -0.15) is 0 Å². The maximum atomic E-state index is 10.9. The van der Waals surface area contributed by atoms with Crippen LogP contribution in [0.1, 0.15) is 22.8 Å². The van der Waals surface area contributed by atoms with Crippen molar-refractivity contribution in [3.05, 3.63) is 35.5 Å². The Bertz CT molecular complexity index is 482. The van der Waals surface area contributed by atoms with Gasteiger partial charge >= 0.3 is 0 Å². The van der Waals surface area contributed by atoms with E-state index in [1.807, 2.05) is 29.9 Å². The number of aryl methyl sites for hydroxylation is 2. The minimum atomic E-state index is 0.792. The van der Waals surface area contributed by atoms with Crippen molar-refractivity contribution in [2.45, 2.75) is 13.3 Å². The molecule has 0 aliphatic carbocycles. The molecular weight excluding hydrogens is 174 g/mol. The molecule has 0 aliphatic heterocycles. The highest BCUT2D eigenvalue weighted by molar-refractivity contribution is 5.99. The topological polar surface area (TPSA) is 22.0 Å². The van der Waals surface area contributed by atoms with Crippen LogP contribution in [0.5, 0.6) is 0 Å². The van der Waals surface area contributed by atoms with Gasteiger partial charge in [-0.3, -0.25) is 4.79 Å². The number of benzene rings is 1. The van der Waals surface area contributed by atoms with Gasteiger partial charge in [0.1, 0.15) is 0 Å². The SMILES string of the molecule is CCc1cccc2c1c(C=O)cn2C. The van der Waals surface area contributed by atoms with Crippen molar-refractivity contribution in [1.29, 1.82) is 0 Å². The van der Waals surface area contributed by atoms with Gasteiger partial charge in [-0.05, 0) is 18.1 Å². The van der Waals surface area contributed by atoms with Gasteiger partial charge in [0.25, 0.3) is 0 Å². The lowest BCUT2D eigenvalue weighted by Crippen LogP contribution is -1.86. The first-order chi connectivity index (χ1) is 6.77. The zero-order chi connectivity index (χ0) is 10.1. The quantitative estimate of drug-likeness (QED) is 0.662. The van der Waals surface area contributed by atoms with E-state index >= 15 is 0 Å². The molecule has 2 rings (SSSR count). The fourth-order valence-corrected chi connectivity index (χ4v) is 1.94. The van der Waals surface area contributed by atoms with Gasteiger partial charge in [0.05, 0.1) is 0 Å². The van der Waals surface area contributed by atoms with Crippen LogP contribution in [-0.4, -0.2) is 10.9 Å². The number of carbonyl (C=O) groups excluding carboxylic acids is 1. The van der Waals surface area contributed by atoms with Crippen LogP contribution >= 0.6 is 0 Å². The van der Waals surface area contributed by atoms with E-state index in [1.54, 1.807) is 0 Å². The van der Waals surface area contributed by atoms with Gasteiger partial charge in [-0.25, -0.2) is 0 Å². The van der Waals surface area contributed by atoms with Crippen LogP contribution < -0.4 is 0 Å². The van der Waals surface area contributed by atoms with Gasteiger partial charge in [-0.15, -0.1) is 0 Å². The first kappa shape index (κ1) is 9.00. The standard InChI is InChI=1S/C12H13NO/c1-3-9-5-4-6-11-12(9)10(8-14)7-13(11)2/h4-8H,3H2,1-2H3. The molecule has 0 saturated heterocycles. The van der Waals surface area contributed by atoms with E-state index in [0.29, 0.717) is 0 Å². The van der Waals surface area contributed by atoms with Crippen LogP contribution in [0.2, 0.25) is 0 Å². The maximum Gasteiger partial charge on any atom is 0.152 e. The Kier molecular flexibility index (Phi) is 2.12. The zero-order valence-electron chi connectivity index (χ0n) is 8.45. The number of aromatic nitrogens is 1. The van der Waals surface area contributed by atoms with Crippen LogP contribution in [0, 0.1) is 0 Å². The van der Waals surface area contributed by atoms with Crippen LogP contribution in [0.25, 0.3) is 10.9 Å². The normalized spacial score (nSPS) is 10.7. The van der Waals surface area contributed by atoms with Crippen molar-refractivity contribution in [1.82, 2.24) is 4.57 Å². The second-order valence-electron chi connectivity index (χ2n) is 3.48. The highest BCUT2D eigenvalue weighted by Crippen LogP contribution is 2.23. The number of rotatable bonds is 2. The summed E-state index contributed by atoms with van der Waals surface area (Å²) in [5, 5.41) is 1.10. The highest BCUT2D eigenvalue weighted by Gasteiger charge is 2.08. The molecule has 14 heavy (non-hydrogen) atoms. The summed E-state index contributed by atoms with van der Waals surface area (Å²) in [5.41, 5.74) is 3.16. The molecule has 0 amide bonds. The Morgan fingerprint density at radius 3 is 2.86 bits per heavy atom. The summed E-state index contributed by atoms with van der Waals surface area (Å²) in [5.74, 6) is 0. The lowest BCUT2D eigenvalue weighted by Gasteiger charge is -2.00. The lowest BCUT2D eigenvalue weighted by atomic mass is 10.1. The zero-order valence-corrected chi connectivity index (χ0v) is 8.45. The summed E-state index contributed by atoms with van der Waals surface area (Å²) in [6.07, 6.45) is 3.78. The first-order valence-corrected chi connectivity index (χ1v) is 4.80. The van der Waals surface area contributed by atoms with E-state index in [2.05, 4.69) is 13.0 Å². The van der Waals surface area contributed by atoms with Gasteiger partial charge in [-0.1, -0.05) is 19.1 Å². The average molecular weight is 187 g/mol. The first-order valence-electron chi connectivity index (χ1n) is 4.80. The predicted octanol–water partition coefficient (Wildman–Crippen LogP) is 2.55. The number of fused-ring (bicyclic) bond motifs is 1. The van der Waals surface area contributed by atoms with Crippen molar-refractivity contribution in [3.63, 3.8) is 0 Å². The molecule has 0 saturated carbocycles. The molecule has 0 fully saturated rings. The Morgan fingerprint density at radius 2 is 2.21 bits per heavy atom. The summed E-state index contributed by atoms with van der Waals surface area (Å²) in [6.45, 7) is 2.11. The van der Waals surface area contributed by atoms with Crippen molar-refractivity contribution in [2.24, 2.45) is 7.05 Å². The monoisotopic (exact) mass is 187 g/mol. The molecule has 0 radical (unpaired) electrons. The number of aldehydes is 1. The number of nitrogens with zero attached hydrogens (tertiary/aromatic N) is 1. The van der Waals surface area contributed by atoms with E-state index in [9.17, 15) is 4.79 Å². The minimum Gasteiger partial charge on any atom is -0.350 e. The molecule has 0 aliphatic rings. The lowest BCUT2D eigenvalue weighted by molar-refractivity contribution is 0.112. The molecule has 0 N–H and O–H groups in total. The van der Waals surface area contributed by atoms with Crippen LogP contribution in [0.3, 0.4) is 0 Å². The number of hydrogen-bond acceptors (Lipinski definition) is 1. The van der Waals surface area contributed by atoms with Crippen molar-refractivity contribution < 1.29 is 4.79 Å². The van der Waals surface area contributed by atoms with Crippen LogP contribution in [-0.2, 0) is 13.5 Å². The third-order valence-corrected chi connectivity index (χ3v) is 2.64. The molecule has 2 nitrogen and oxygen atoms in total. The van der Waals surface area contributed by atoms with Crippen LogP contribution in [0.15, 0.2) is 24.4 Å². The summed E-state index contributed by atoms with van der Waals surface area (Å²) >= 11 is 0. The molecule has 2 aromatic rings. The third-order valence-electron chi connectivity index (χ3n) is 2.64. The molecule has 1 aromatic heterocycles. The summed E-state index contributed by atoms with van der Waals surface area (Å²) < 4.78 is 2.00. The summed E-state index contributed by atoms with van der Waals surface area (Å²) in [7, 11) is 1.97. The second-order valence-corrected chi connectivity index (χ2v) is 3.48. The molecule has 0 spiro atoms. The minimum absolute atomic E-state index is 0.792. The smallest absolute Gasteiger partial charge is 0.152 e. The van der Waals surface area contributed by atoms with Gasteiger partial charge in [0.2, 0.25) is 0 Å². The molecule has 1 heterocycles. The van der Waals surface area contributed by atoms with E-state index in [0.717, 1.165) is 29.2 Å².